The van der Waals surface area contributed by atoms with Crippen LogP contribution in [0.2, 0.25) is 0 Å². The van der Waals surface area contributed by atoms with Gasteiger partial charge in [-0.1, -0.05) is 12.1 Å². The quantitative estimate of drug-likeness (QED) is 0.254. The molecule has 0 amide bonds. The summed E-state index contributed by atoms with van der Waals surface area (Å²) in [7, 11) is -5.34. The van der Waals surface area contributed by atoms with E-state index < -0.39 is 94.6 Å². The number of hydrogen-bond acceptors (Lipinski definition) is 3. The van der Waals surface area contributed by atoms with Gasteiger partial charge in [-0.15, -0.1) is 0 Å². The summed E-state index contributed by atoms with van der Waals surface area (Å²) in [6.07, 6.45) is 0. The van der Waals surface area contributed by atoms with E-state index in [0.717, 1.165) is 18.2 Å². The van der Waals surface area contributed by atoms with Crippen molar-refractivity contribution in [3.05, 3.63) is 119 Å². The first-order chi connectivity index (χ1) is 17.9. The lowest BCUT2D eigenvalue weighted by Crippen LogP contribution is -2.21. The van der Waals surface area contributed by atoms with Gasteiger partial charge in [0.1, 0.15) is 78.4 Å². The molecule has 0 saturated heterocycles. The number of halogens is 9. The third kappa shape index (κ3) is 4.53. The van der Waals surface area contributed by atoms with Crippen molar-refractivity contribution in [1.82, 2.24) is 0 Å². The summed E-state index contributed by atoms with van der Waals surface area (Å²) in [5, 5.41) is 10.0. The molecule has 0 aliphatic carbocycles. The molecular weight excluding hydrogens is 551 g/mol. The second-order valence-electron chi connectivity index (χ2n) is 7.54. The van der Waals surface area contributed by atoms with Crippen LogP contribution in [0, 0.1) is 52.4 Å². The van der Waals surface area contributed by atoms with Gasteiger partial charge in [0.15, 0.2) is 0 Å². The van der Waals surface area contributed by atoms with Crippen molar-refractivity contribution in [3.63, 3.8) is 0 Å². The molecule has 13 heteroatoms. The molecule has 0 unspecified atom stereocenters. The maximum absolute atomic E-state index is 15.3. The van der Waals surface area contributed by atoms with E-state index in [4.69, 9.17) is 4.18 Å². The Morgan fingerprint density at radius 3 is 1.21 bits per heavy atom. The molecule has 0 heterocycles. The average Bonchev–Trinajstić information content (AvgIpc) is 2.77. The van der Waals surface area contributed by atoms with E-state index >= 15 is 26.3 Å². The lowest BCUT2D eigenvalue weighted by molar-refractivity contribution is 0.0752. The fourth-order valence-electron chi connectivity index (χ4n) is 3.65. The minimum atomic E-state index is -5.34. The van der Waals surface area contributed by atoms with Crippen molar-refractivity contribution in [2.45, 2.75) is 14.7 Å². The van der Waals surface area contributed by atoms with E-state index in [0.29, 0.717) is 0 Å². The number of para-hydroxylation sites is 1. The van der Waals surface area contributed by atoms with Crippen molar-refractivity contribution < 1.29 is 53.6 Å². The summed E-state index contributed by atoms with van der Waals surface area (Å²) in [6.45, 7) is 0. The zero-order valence-corrected chi connectivity index (χ0v) is 19.2. The molecule has 0 bridgehead atoms. The zero-order valence-electron chi connectivity index (χ0n) is 18.3. The van der Waals surface area contributed by atoms with Crippen LogP contribution in [0.15, 0.2) is 75.4 Å². The number of benzene rings is 4. The first-order valence-corrected chi connectivity index (χ1v) is 11.7. The van der Waals surface area contributed by atoms with Gasteiger partial charge >= 0.3 is 5.97 Å². The van der Waals surface area contributed by atoms with Crippen LogP contribution in [-0.4, -0.2) is 11.1 Å². The van der Waals surface area contributed by atoms with Crippen LogP contribution in [0.5, 0.6) is 5.75 Å². The molecule has 38 heavy (non-hydrogen) atoms. The van der Waals surface area contributed by atoms with E-state index in [2.05, 4.69) is 0 Å². The van der Waals surface area contributed by atoms with Crippen LogP contribution in [0.25, 0.3) is 0 Å². The Kier molecular flexibility index (Phi) is 7.06. The molecule has 4 aromatic rings. The summed E-state index contributed by atoms with van der Waals surface area (Å²) < 4.78 is 138. The highest BCUT2D eigenvalue weighted by Crippen LogP contribution is 2.72. The van der Waals surface area contributed by atoms with Crippen molar-refractivity contribution in [1.29, 1.82) is 0 Å². The molecule has 0 aliphatic rings. The number of rotatable bonds is 5. The van der Waals surface area contributed by atoms with Crippen LogP contribution in [0.1, 0.15) is 10.4 Å². The summed E-state index contributed by atoms with van der Waals surface area (Å²) in [4.78, 5) is 7.93. The van der Waals surface area contributed by atoms with Crippen LogP contribution in [-0.2, 0) is 4.18 Å². The summed E-state index contributed by atoms with van der Waals surface area (Å²) >= 11 is 0. The SMILES string of the molecule is O=C(OS(c1c(F)cc(F)cc1F)(c1c(F)cc(F)cc1F)c1c(F)cc(F)cc1F)c1ccccc1O. The normalized spacial score (nSPS) is 11.9. The topological polar surface area (TPSA) is 46.5 Å². The molecule has 0 spiro atoms. The Balaban J connectivity index is 2.25. The lowest BCUT2D eigenvalue weighted by Gasteiger charge is -2.40. The number of aromatic hydroxyl groups is 1. The standard InChI is InChI=1S/C25H11F9O3S/c26-11-5-15(29)22(16(30)6-11)38(23-17(31)7-12(27)8-18(23)32,24-19(33)9-13(28)10-20(24)34)37-25(36)14-3-1-2-4-21(14)35/h1-10,35H. The third-order valence-electron chi connectivity index (χ3n) is 5.08. The highest BCUT2D eigenvalue weighted by molar-refractivity contribution is 8.30. The van der Waals surface area contributed by atoms with E-state index in [-0.39, 0.29) is 36.4 Å². The van der Waals surface area contributed by atoms with Gasteiger partial charge in [0.25, 0.3) is 0 Å². The molecule has 0 aromatic heterocycles. The fourth-order valence-corrected chi connectivity index (χ4v) is 6.83. The van der Waals surface area contributed by atoms with Crippen molar-refractivity contribution in [3.8, 4) is 5.75 Å². The summed E-state index contributed by atoms with van der Waals surface area (Å²) in [5.74, 6) is -19.5. The number of carbonyl (C=O) groups is 1. The first-order valence-electron chi connectivity index (χ1n) is 10.2. The van der Waals surface area contributed by atoms with E-state index in [1.54, 1.807) is 0 Å². The van der Waals surface area contributed by atoms with Gasteiger partial charge in [0.05, 0.1) is 0 Å². The Hall–Kier alpha value is -4.13. The smallest absolute Gasteiger partial charge is 0.353 e. The molecule has 0 fully saturated rings. The average molecular weight is 562 g/mol. The molecule has 4 rings (SSSR count). The van der Waals surface area contributed by atoms with Crippen LogP contribution in [0.3, 0.4) is 0 Å². The van der Waals surface area contributed by atoms with Gasteiger partial charge in [-0.25, -0.2) is 44.3 Å². The molecule has 0 atom stereocenters. The molecule has 198 valence electrons. The van der Waals surface area contributed by atoms with Crippen LogP contribution in [0.4, 0.5) is 39.5 Å². The van der Waals surface area contributed by atoms with Crippen LogP contribution < -0.4 is 0 Å². The third-order valence-corrected chi connectivity index (χ3v) is 8.37. The molecule has 1 N–H and O–H groups in total. The largest absolute Gasteiger partial charge is 0.507 e. The summed E-state index contributed by atoms with van der Waals surface area (Å²) in [6, 6.07) is 3.99. The molecular formula is C25H11F9O3S. The molecule has 0 radical (unpaired) electrons. The van der Waals surface area contributed by atoms with Gasteiger partial charge in [-0.3, -0.25) is 0 Å². The number of hydrogen-bond donors (Lipinski definition) is 1. The predicted octanol–water partition coefficient (Wildman–Crippen LogP) is 7.70. The molecule has 3 nitrogen and oxygen atoms in total. The number of phenolic OH excluding ortho intramolecular Hbond substituents is 1. The maximum Gasteiger partial charge on any atom is 0.353 e. The first kappa shape index (κ1) is 26.9. The summed E-state index contributed by atoms with van der Waals surface area (Å²) in [5.41, 5.74) is -0.793. The second kappa shape index (κ2) is 9.97. The molecule has 0 aliphatic heterocycles. The minimum absolute atomic E-state index is 0.0351. The Morgan fingerprint density at radius 1 is 0.579 bits per heavy atom. The fraction of sp³-hybridized carbons (Fsp3) is 0. The van der Waals surface area contributed by atoms with Gasteiger partial charge in [0, 0.05) is 46.7 Å². The molecule has 4 aromatic carbocycles. The number of carbonyl (C=O) groups excluding carboxylic acids is 1. The van der Waals surface area contributed by atoms with Crippen LogP contribution >= 0.6 is 10.3 Å². The second-order valence-corrected chi connectivity index (χ2v) is 10.0. The van der Waals surface area contributed by atoms with E-state index in [1.165, 1.54) is 6.07 Å². The Bertz CT molecular complexity index is 1380. The van der Waals surface area contributed by atoms with Crippen molar-refractivity contribution in [2.24, 2.45) is 0 Å². The molecule has 0 saturated carbocycles. The Labute approximate surface area is 209 Å². The highest BCUT2D eigenvalue weighted by Gasteiger charge is 2.48. The lowest BCUT2D eigenvalue weighted by atomic mass is 10.2. The van der Waals surface area contributed by atoms with Crippen molar-refractivity contribution >= 4 is 16.3 Å². The predicted molar refractivity (Wildman–Crippen MR) is 115 cm³/mol. The van der Waals surface area contributed by atoms with Gasteiger partial charge in [-0.2, -0.15) is 0 Å². The number of phenols is 1. The van der Waals surface area contributed by atoms with Crippen molar-refractivity contribution in [2.75, 3.05) is 0 Å². The minimum Gasteiger partial charge on any atom is -0.507 e. The maximum atomic E-state index is 15.3. The monoisotopic (exact) mass is 562 g/mol. The van der Waals surface area contributed by atoms with E-state index in [1.807, 2.05) is 0 Å². The zero-order chi connectivity index (χ0) is 27.9. The van der Waals surface area contributed by atoms with Gasteiger partial charge < -0.3 is 9.29 Å². The van der Waals surface area contributed by atoms with Gasteiger partial charge in [-0.05, 0) is 12.1 Å². The van der Waals surface area contributed by atoms with Gasteiger partial charge in [0.2, 0.25) is 0 Å². The highest BCUT2D eigenvalue weighted by atomic mass is 32.3. The Morgan fingerprint density at radius 2 is 0.895 bits per heavy atom. The van der Waals surface area contributed by atoms with E-state index in [9.17, 15) is 23.1 Å².